The second kappa shape index (κ2) is 4.96. The molecule has 0 aromatic carbocycles. The smallest absolute Gasteiger partial charge is 0.323 e. The van der Waals surface area contributed by atoms with Gasteiger partial charge in [0.2, 0.25) is 11.8 Å². The van der Waals surface area contributed by atoms with Crippen LogP contribution in [0.2, 0.25) is 0 Å². The number of hydrogen-bond acceptors (Lipinski definition) is 3. The van der Waals surface area contributed by atoms with Crippen LogP contribution in [0.1, 0.15) is 20.3 Å². The van der Waals surface area contributed by atoms with Crippen LogP contribution in [0.25, 0.3) is 0 Å². The van der Waals surface area contributed by atoms with E-state index in [-0.39, 0.29) is 24.4 Å². The number of nitrogens with zero attached hydrogens (tertiary/aromatic N) is 2. The number of hydrogen-bond donors (Lipinski definition) is 1. The van der Waals surface area contributed by atoms with Gasteiger partial charge in [-0.2, -0.15) is 0 Å². The lowest BCUT2D eigenvalue weighted by atomic mass is 10.2. The molecular formula is C10H16N2O4. The Balaban J connectivity index is 2.64. The maximum absolute atomic E-state index is 11.3. The highest BCUT2D eigenvalue weighted by molar-refractivity contribution is 5.80. The molecule has 1 N–H and O–H groups in total. The largest absolute Gasteiger partial charge is 0.480 e. The number of carboxylic acids is 1. The van der Waals surface area contributed by atoms with Gasteiger partial charge in [-0.15, -0.1) is 0 Å². The molecule has 1 rings (SSSR count). The van der Waals surface area contributed by atoms with Crippen molar-refractivity contribution in [2.45, 2.75) is 26.3 Å². The highest BCUT2D eigenvalue weighted by Gasteiger charge is 2.31. The molecule has 0 saturated carbocycles. The molecule has 1 heterocycles. The molecule has 0 aliphatic carbocycles. The molecule has 1 unspecified atom stereocenters. The summed E-state index contributed by atoms with van der Waals surface area (Å²) in [5.74, 6) is -1.34. The van der Waals surface area contributed by atoms with Crippen molar-refractivity contribution in [3.8, 4) is 0 Å². The van der Waals surface area contributed by atoms with Crippen LogP contribution >= 0.6 is 0 Å². The molecule has 0 spiro atoms. The summed E-state index contributed by atoms with van der Waals surface area (Å²) >= 11 is 0. The van der Waals surface area contributed by atoms with Gasteiger partial charge in [0.1, 0.15) is 6.54 Å². The molecule has 90 valence electrons. The van der Waals surface area contributed by atoms with Gasteiger partial charge in [-0.25, -0.2) is 0 Å². The van der Waals surface area contributed by atoms with Gasteiger partial charge in [-0.3, -0.25) is 14.4 Å². The highest BCUT2D eigenvalue weighted by atomic mass is 16.4. The summed E-state index contributed by atoms with van der Waals surface area (Å²) in [6, 6.07) is -0.169. The van der Waals surface area contributed by atoms with Crippen molar-refractivity contribution >= 4 is 17.8 Å². The fourth-order valence-electron chi connectivity index (χ4n) is 1.93. The van der Waals surface area contributed by atoms with Gasteiger partial charge in [-0.05, 0) is 6.42 Å². The Kier molecular flexibility index (Phi) is 3.87. The molecule has 0 aromatic heterocycles. The van der Waals surface area contributed by atoms with Crippen molar-refractivity contribution in [2.75, 3.05) is 19.6 Å². The summed E-state index contributed by atoms with van der Waals surface area (Å²) in [4.78, 5) is 36.0. The standard InChI is InChI=1S/C10H16N2O4/c1-7(13)11-4-3-9(5-11)12(8(2)14)6-10(15)16/h9H,3-6H2,1-2H3,(H,15,16). The van der Waals surface area contributed by atoms with Gasteiger partial charge in [0.05, 0.1) is 6.04 Å². The van der Waals surface area contributed by atoms with Crippen molar-refractivity contribution in [1.82, 2.24) is 9.80 Å². The molecule has 2 amide bonds. The van der Waals surface area contributed by atoms with Crippen LogP contribution in [0.3, 0.4) is 0 Å². The molecule has 1 atom stereocenters. The van der Waals surface area contributed by atoms with Crippen molar-refractivity contribution in [3.63, 3.8) is 0 Å². The third-order valence-electron chi connectivity index (χ3n) is 2.76. The SMILES string of the molecule is CC(=O)N1CCC(N(CC(=O)O)C(C)=O)C1. The van der Waals surface area contributed by atoms with Crippen molar-refractivity contribution in [3.05, 3.63) is 0 Å². The molecule has 6 nitrogen and oxygen atoms in total. The fraction of sp³-hybridized carbons (Fsp3) is 0.700. The number of carboxylic acid groups (broad SMARTS) is 1. The fourth-order valence-corrected chi connectivity index (χ4v) is 1.93. The lowest BCUT2D eigenvalue weighted by Crippen LogP contribution is -2.44. The van der Waals surface area contributed by atoms with E-state index in [0.717, 1.165) is 0 Å². The van der Waals surface area contributed by atoms with Crippen LogP contribution in [0.5, 0.6) is 0 Å². The Labute approximate surface area is 93.8 Å². The lowest BCUT2D eigenvalue weighted by molar-refractivity contribution is -0.145. The van der Waals surface area contributed by atoms with E-state index in [1.165, 1.54) is 18.7 Å². The van der Waals surface area contributed by atoms with E-state index in [1.807, 2.05) is 0 Å². The first-order valence-corrected chi connectivity index (χ1v) is 5.16. The molecule has 1 aliphatic heterocycles. The Morgan fingerprint density at radius 2 is 2.00 bits per heavy atom. The number of carbonyl (C=O) groups is 3. The summed E-state index contributed by atoms with van der Waals surface area (Å²) in [5, 5.41) is 8.69. The van der Waals surface area contributed by atoms with Gasteiger partial charge in [0.15, 0.2) is 0 Å². The second-order valence-corrected chi connectivity index (χ2v) is 3.95. The number of rotatable bonds is 3. The number of likely N-dealkylation sites (tertiary alicyclic amines) is 1. The molecule has 0 radical (unpaired) electrons. The highest BCUT2D eigenvalue weighted by Crippen LogP contribution is 2.15. The Bertz CT molecular complexity index is 316. The first-order valence-electron chi connectivity index (χ1n) is 5.16. The minimum atomic E-state index is -1.03. The van der Waals surface area contributed by atoms with Crippen molar-refractivity contribution in [2.24, 2.45) is 0 Å². The van der Waals surface area contributed by atoms with E-state index in [0.29, 0.717) is 19.5 Å². The Hall–Kier alpha value is -1.59. The van der Waals surface area contributed by atoms with Gasteiger partial charge in [-0.1, -0.05) is 0 Å². The van der Waals surface area contributed by atoms with Crippen LogP contribution in [0.15, 0.2) is 0 Å². The topological polar surface area (TPSA) is 77.9 Å². The van der Waals surface area contributed by atoms with Crippen LogP contribution in [-0.4, -0.2) is 58.4 Å². The van der Waals surface area contributed by atoms with Gasteiger partial charge in [0, 0.05) is 26.9 Å². The third kappa shape index (κ3) is 2.95. The van der Waals surface area contributed by atoms with Crippen LogP contribution in [0.4, 0.5) is 0 Å². The maximum Gasteiger partial charge on any atom is 0.323 e. The average Bonchev–Trinajstić information content (AvgIpc) is 2.61. The van der Waals surface area contributed by atoms with Crippen molar-refractivity contribution < 1.29 is 19.5 Å². The Morgan fingerprint density at radius 3 is 2.38 bits per heavy atom. The predicted octanol–water partition coefficient (Wildman–Crippen LogP) is -0.460. The van der Waals surface area contributed by atoms with E-state index >= 15 is 0 Å². The quantitative estimate of drug-likeness (QED) is 0.709. The molecular weight excluding hydrogens is 212 g/mol. The zero-order chi connectivity index (χ0) is 12.3. The zero-order valence-corrected chi connectivity index (χ0v) is 9.47. The summed E-state index contributed by atoms with van der Waals surface area (Å²) in [5.41, 5.74) is 0. The molecule has 0 bridgehead atoms. The normalized spacial score (nSPS) is 19.6. The molecule has 6 heteroatoms. The summed E-state index contributed by atoms with van der Waals surface area (Å²) in [7, 11) is 0. The Morgan fingerprint density at radius 1 is 1.38 bits per heavy atom. The summed E-state index contributed by atoms with van der Waals surface area (Å²) in [6.07, 6.45) is 0.645. The summed E-state index contributed by atoms with van der Waals surface area (Å²) < 4.78 is 0. The number of aliphatic carboxylic acids is 1. The first kappa shape index (κ1) is 12.5. The van der Waals surface area contributed by atoms with Gasteiger partial charge >= 0.3 is 5.97 Å². The van der Waals surface area contributed by atoms with E-state index in [2.05, 4.69) is 0 Å². The van der Waals surface area contributed by atoms with Gasteiger partial charge in [0.25, 0.3) is 0 Å². The van der Waals surface area contributed by atoms with Gasteiger partial charge < -0.3 is 14.9 Å². The third-order valence-corrected chi connectivity index (χ3v) is 2.76. The monoisotopic (exact) mass is 228 g/mol. The van der Waals surface area contributed by atoms with Crippen LogP contribution in [-0.2, 0) is 14.4 Å². The maximum atomic E-state index is 11.3. The van der Waals surface area contributed by atoms with E-state index in [9.17, 15) is 14.4 Å². The molecule has 1 saturated heterocycles. The number of amides is 2. The lowest BCUT2D eigenvalue weighted by Gasteiger charge is -2.26. The molecule has 0 aromatic rings. The predicted molar refractivity (Wildman–Crippen MR) is 55.7 cm³/mol. The molecule has 1 aliphatic rings. The average molecular weight is 228 g/mol. The second-order valence-electron chi connectivity index (χ2n) is 3.95. The summed E-state index contributed by atoms with van der Waals surface area (Å²) in [6.45, 7) is 3.54. The minimum absolute atomic E-state index is 0.0404. The minimum Gasteiger partial charge on any atom is -0.480 e. The molecule has 1 fully saturated rings. The van der Waals surface area contributed by atoms with Crippen LogP contribution in [0, 0.1) is 0 Å². The number of carbonyl (C=O) groups excluding carboxylic acids is 2. The van der Waals surface area contributed by atoms with E-state index in [1.54, 1.807) is 4.90 Å². The van der Waals surface area contributed by atoms with E-state index in [4.69, 9.17) is 5.11 Å². The van der Waals surface area contributed by atoms with E-state index < -0.39 is 5.97 Å². The van der Waals surface area contributed by atoms with Crippen molar-refractivity contribution in [1.29, 1.82) is 0 Å². The molecule has 16 heavy (non-hydrogen) atoms. The van der Waals surface area contributed by atoms with Crippen LogP contribution < -0.4 is 0 Å². The first-order chi connectivity index (χ1) is 7.41. The zero-order valence-electron chi connectivity index (χ0n) is 9.47.